The summed E-state index contributed by atoms with van der Waals surface area (Å²) in [6, 6.07) is 6.74. The Morgan fingerprint density at radius 1 is 1.14 bits per heavy atom. The maximum Gasteiger partial charge on any atom is 0.251 e. The van der Waals surface area contributed by atoms with Crippen molar-refractivity contribution in [2.75, 3.05) is 6.26 Å². The van der Waals surface area contributed by atoms with Crippen LogP contribution in [0.25, 0.3) is 5.82 Å². The zero-order valence-corrected chi connectivity index (χ0v) is 18.6. The van der Waals surface area contributed by atoms with Gasteiger partial charge >= 0.3 is 0 Å². The molecule has 0 radical (unpaired) electrons. The van der Waals surface area contributed by atoms with Crippen LogP contribution in [0.4, 0.5) is 0 Å². The number of hydrogen-bond acceptors (Lipinski definition) is 6. The fraction of sp³-hybridized carbons (Fsp3) is 0.176. The number of benzene rings is 1. The fourth-order valence-electron chi connectivity index (χ4n) is 2.47. The minimum atomic E-state index is -3.51. The summed E-state index contributed by atoms with van der Waals surface area (Å²) in [6.45, 7) is 1.72. The van der Waals surface area contributed by atoms with E-state index in [1.165, 1.54) is 35.4 Å². The molecular weight excluding hydrogens is 457 g/mol. The van der Waals surface area contributed by atoms with E-state index in [1.54, 1.807) is 19.1 Å². The van der Waals surface area contributed by atoms with Crippen molar-refractivity contribution in [3.8, 4) is 5.82 Å². The summed E-state index contributed by atoms with van der Waals surface area (Å²) in [7, 11) is -3.51. The topological polar surface area (TPSA) is 107 Å². The maximum atomic E-state index is 12.6. The van der Waals surface area contributed by atoms with Crippen LogP contribution in [0.15, 0.2) is 47.8 Å². The number of rotatable bonds is 5. The number of nitrogens with zero attached hydrogens (tertiary/aromatic N) is 4. The SMILES string of the molecule is C[C@@H](NC(=O)c1cc(Cl)cc(S(C)(=O)=O)c1)c1ncnn1-c1ccc(Cl)cn1.S. The minimum Gasteiger partial charge on any atom is -0.342 e. The molecule has 1 amide bonds. The molecule has 0 saturated carbocycles. The Morgan fingerprint density at radius 2 is 1.86 bits per heavy atom. The summed E-state index contributed by atoms with van der Waals surface area (Å²) in [4.78, 5) is 20.9. The molecule has 8 nitrogen and oxygen atoms in total. The second kappa shape index (κ2) is 9.12. The highest BCUT2D eigenvalue weighted by atomic mass is 35.5. The van der Waals surface area contributed by atoms with Gasteiger partial charge in [0, 0.05) is 23.0 Å². The van der Waals surface area contributed by atoms with E-state index in [0.29, 0.717) is 16.7 Å². The number of nitrogens with one attached hydrogen (secondary N) is 1. The van der Waals surface area contributed by atoms with E-state index >= 15 is 0 Å². The quantitative estimate of drug-likeness (QED) is 0.610. The van der Waals surface area contributed by atoms with Crippen LogP contribution in [0.2, 0.25) is 10.0 Å². The first-order valence-corrected chi connectivity index (χ1v) is 10.6. The molecule has 0 aliphatic rings. The maximum absolute atomic E-state index is 12.6. The van der Waals surface area contributed by atoms with Crippen molar-refractivity contribution in [2.24, 2.45) is 0 Å². The van der Waals surface area contributed by atoms with Crippen LogP contribution in [0.5, 0.6) is 0 Å². The van der Waals surface area contributed by atoms with Gasteiger partial charge in [0.25, 0.3) is 5.91 Å². The zero-order valence-electron chi connectivity index (χ0n) is 15.3. The highest BCUT2D eigenvalue weighted by molar-refractivity contribution is 7.90. The third-order valence-electron chi connectivity index (χ3n) is 3.80. The van der Waals surface area contributed by atoms with Crippen molar-refractivity contribution in [2.45, 2.75) is 17.9 Å². The molecule has 154 valence electrons. The lowest BCUT2D eigenvalue weighted by Gasteiger charge is -2.15. The van der Waals surface area contributed by atoms with E-state index < -0.39 is 21.8 Å². The first kappa shape index (κ1) is 23.1. The lowest BCUT2D eigenvalue weighted by atomic mass is 10.2. The predicted octanol–water partition coefficient (Wildman–Crippen LogP) is 2.98. The van der Waals surface area contributed by atoms with Crippen LogP contribution in [-0.2, 0) is 9.84 Å². The van der Waals surface area contributed by atoms with Crippen LogP contribution < -0.4 is 5.32 Å². The Balaban J connectivity index is 0.00000300. The number of carbonyl (C=O) groups is 1. The molecule has 1 aromatic carbocycles. The molecule has 1 atom stereocenters. The molecule has 0 aliphatic heterocycles. The van der Waals surface area contributed by atoms with Crippen molar-refractivity contribution in [1.82, 2.24) is 25.1 Å². The molecule has 3 aromatic rings. The smallest absolute Gasteiger partial charge is 0.251 e. The van der Waals surface area contributed by atoms with Gasteiger partial charge in [-0.2, -0.15) is 23.3 Å². The Bertz CT molecular complexity index is 1130. The summed E-state index contributed by atoms with van der Waals surface area (Å²) >= 11 is 11.8. The highest BCUT2D eigenvalue weighted by Crippen LogP contribution is 2.20. The van der Waals surface area contributed by atoms with Crippen molar-refractivity contribution in [3.05, 3.63) is 64.3 Å². The summed E-state index contributed by atoms with van der Waals surface area (Å²) in [5, 5.41) is 7.51. The molecule has 0 unspecified atom stereocenters. The van der Waals surface area contributed by atoms with Crippen LogP contribution in [0.1, 0.15) is 29.1 Å². The van der Waals surface area contributed by atoms with Gasteiger partial charge in [0.05, 0.1) is 16.0 Å². The summed E-state index contributed by atoms with van der Waals surface area (Å²) in [5.41, 5.74) is 0.121. The van der Waals surface area contributed by atoms with Crippen molar-refractivity contribution >= 4 is 52.4 Å². The summed E-state index contributed by atoms with van der Waals surface area (Å²) in [5.74, 6) is 0.423. The van der Waals surface area contributed by atoms with Gasteiger partial charge in [-0.25, -0.2) is 18.4 Å². The molecule has 2 heterocycles. The zero-order chi connectivity index (χ0) is 20.5. The Hall–Kier alpha value is -2.14. The Morgan fingerprint density at radius 3 is 2.48 bits per heavy atom. The molecule has 1 N–H and O–H groups in total. The van der Waals surface area contributed by atoms with Gasteiger partial charge in [0.1, 0.15) is 6.33 Å². The van der Waals surface area contributed by atoms with Crippen LogP contribution in [0.3, 0.4) is 0 Å². The number of pyridine rings is 1. The minimum absolute atomic E-state index is 0. The van der Waals surface area contributed by atoms with Gasteiger partial charge in [0.15, 0.2) is 21.5 Å². The van der Waals surface area contributed by atoms with Gasteiger partial charge in [-0.1, -0.05) is 23.2 Å². The number of aromatic nitrogens is 4. The van der Waals surface area contributed by atoms with Gasteiger partial charge < -0.3 is 5.32 Å². The van der Waals surface area contributed by atoms with Crippen LogP contribution in [0, 0.1) is 0 Å². The third kappa shape index (κ3) is 5.47. The average Bonchev–Trinajstić information content (AvgIpc) is 3.11. The van der Waals surface area contributed by atoms with Crippen LogP contribution in [-0.4, -0.2) is 40.3 Å². The molecule has 0 saturated heterocycles. The van der Waals surface area contributed by atoms with E-state index in [1.807, 2.05) is 0 Å². The molecule has 29 heavy (non-hydrogen) atoms. The monoisotopic (exact) mass is 473 g/mol. The summed E-state index contributed by atoms with van der Waals surface area (Å²) in [6.07, 6.45) is 3.87. The van der Waals surface area contributed by atoms with E-state index in [-0.39, 0.29) is 29.0 Å². The molecule has 0 bridgehead atoms. The van der Waals surface area contributed by atoms with Crippen LogP contribution >= 0.6 is 36.7 Å². The molecule has 0 aliphatic carbocycles. The summed E-state index contributed by atoms with van der Waals surface area (Å²) < 4.78 is 25.0. The lowest BCUT2D eigenvalue weighted by Crippen LogP contribution is -2.29. The Labute approximate surface area is 184 Å². The van der Waals surface area contributed by atoms with E-state index in [2.05, 4.69) is 20.4 Å². The standard InChI is InChI=1S/C17H15Cl2N5O3S.H2S/c1-10(16-21-9-22-24(16)15-4-3-12(18)8-20-15)23-17(25)11-5-13(19)7-14(6-11)28(2,26)27;/h3-10H,1-2H3,(H,23,25);1H2/t10-;/m1./s1. The number of carbonyl (C=O) groups excluding carboxylic acids is 1. The van der Waals surface area contributed by atoms with E-state index in [9.17, 15) is 13.2 Å². The molecule has 0 fully saturated rings. The van der Waals surface area contributed by atoms with E-state index in [0.717, 1.165) is 6.26 Å². The van der Waals surface area contributed by atoms with Gasteiger partial charge in [-0.3, -0.25) is 4.79 Å². The fourth-order valence-corrected chi connectivity index (χ4v) is 3.56. The van der Waals surface area contributed by atoms with Crippen molar-refractivity contribution < 1.29 is 13.2 Å². The third-order valence-corrected chi connectivity index (χ3v) is 5.33. The number of halogens is 2. The second-order valence-corrected chi connectivity index (χ2v) is 8.90. The first-order chi connectivity index (χ1) is 13.1. The molecule has 12 heteroatoms. The molecule has 0 spiro atoms. The number of hydrogen-bond donors (Lipinski definition) is 1. The Kier molecular flexibility index (Phi) is 7.28. The van der Waals surface area contributed by atoms with E-state index in [4.69, 9.17) is 23.2 Å². The van der Waals surface area contributed by atoms with Gasteiger partial charge in [-0.05, 0) is 37.3 Å². The normalized spacial score (nSPS) is 12.1. The predicted molar refractivity (Wildman–Crippen MR) is 115 cm³/mol. The van der Waals surface area contributed by atoms with Gasteiger partial charge in [-0.15, -0.1) is 0 Å². The molecule has 2 aromatic heterocycles. The van der Waals surface area contributed by atoms with Crippen molar-refractivity contribution in [3.63, 3.8) is 0 Å². The highest BCUT2D eigenvalue weighted by Gasteiger charge is 2.20. The molecule has 3 rings (SSSR count). The van der Waals surface area contributed by atoms with Gasteiger partial charge in [0.2, 0.25) is 0 Å². The molecular formula is C17H17Cl2N5O3S2. The number of amides is 1. The second-order valence-electron chi connectivity index (χ2n) is 6.01. The average molecular weight is 474 g/mol. The lowest BCUT2D eigenvalue weighted by molar-refractivity contribution is 0.0937. The van der Waals surface area contributed by atoms with Crippen molar-refractivity contribution in [1.29, 1.82) is 0 Å². The first-order valence-electron chi connectivity index (χ1n) is 7.98. The largest absolute Gasteiger partial charge is 0.342 e. The number of sulfone groups is 1.